The van der Waals surface area contributed by atoms with Gasteiger partial charge in [-0.2, -0.15) is 0 Å². The number of hydrogen-bond acceptors (Lipinski definition) is 1. The van der Waals surface area contributed by atoms with Crippen molar-refractivity contribution in [1.29, 1.82) is 0 Å². The maximum absolute atomic E-state index is 2.42. The molecule has 0 N–H and O–H groups in total. The molecular formula is C56H39N. The first-order valence-electron chi connectivity index (χ1n) is 19.6. The van der Waals surface area contributed by atoms with Crippen molar-refractivity contribution < 1.29 is 0 Å². The molecule has 0 unspecified atom stereocenters. The molecule has 0 radical (unpaired) electrons. The zero-order valence-electron chi connectivity index (χ0n) is 31.5. The fraction of sp³-hybridized carbons (Fsp3) is 0. The largest absolute Gasteiger partial charge is 0.310 e. The van der Waals surface area contributed by atoms with Crippen LogP contribution in [-0.2, 0) is 0 Å². The lowest BCUT2D eigenvalue weighted by atomic mass is 9.84. The number of nitrogens with zero attached hydrogens (tertiary/aromatic N) is 1. The Morgan fingerprint density at radius 3 is 1.35 bits per heavy atom. The number of benzene rings is 10. The van der Waals surface area contributed by atoms with E-state index in [4.69, 9.17) is 0 Å². The van der Waals surface area contributed by atoms with E-state index in [1.54, 1.807) is 0 Å². The van der Waals surface area contributed by atoms with Gasteiger partial charge in [0.2, 0.25) is 0 Å². The lowest BCUT2D eigenvalue weighted by Gasteiger charge is -2.29. The van der Waals surface area contributed by atoms with Crippen molar-refractivity contribution >= 4 is 38.6 Å². The van der Waals surface area contributed by atoms with Crippen molar-refractivity contribution in [1.82, 2.24) is 0 Å². The van der Waals surface area contributed by atoms with Crippen LogP contribution in [-0.4, -0.2) is 0 Å². The predicted octanol–water partition coefficient (Wildman–Crippen LogP) is 15.8. The molecule has 0 atom stereocenters. The maximum Gasteiger partial charge on any atom is 0.0474 e. The van der Waals surface area contributed by atoms with Crippen molar-refractivity contribution in [2.75, 3.05) is 4.90 Å². The van der Waals surface area contributed by atoms with Crippen LogP contribution in [0, 0.1) is 0 Å². The predicted molar refractivity (Wildman–Crippen MR) is 243 cm³/mol. The monoisotopic (exact) mass is 725 g/mol. The Hall–Kier alpha value is -7.48. The highest BCUT2D eigenvalue weighted by molar-refractivity contribution is 6.15. The Morgan fingerprint density at radius 1 is 0.228 bits per heavy atom. The first-order chi connectivity index (χ1) is 28.3. The normalized spacial score (nSPS) is 11.2. The van der Waals surface area contributed by atoms with Crippen molar-refractivity contribution in [2.24, 2.45) is 0 Å². The number of fused-ring (bicyclic) bond motifs is 3. The van der Waals surface area contributed by atoms with E-state index in [2.05, 4.69) is 241 Å². The Kier molecular flexibility index (Phi) is 8.95. The van der Waals surface area contributed by atoms with Crippen molar-refractivity contribution in [3.05, 3.63) is 237 Å². The number of anilines is 3. The summed E-state index contributed by atoms with van der Waals surface area (Å²) in [7, 11) is 0. The van der Waals surface area contributed by atoms with Gasteiger partial charge in [0.15, 0.2) is 0 Å². The highest BCUT2D eigenvalue weighted by Gasteiger charge is 2.22. The third kappa shape index (κ3) is 6.56. The van der Waals surface area contributed by atoms with Crippen LogP contribution >= 0.6 is 0 Å². The molecular weight excluding hydrogens is 687 g/mol. The van der Waals surface area contributed by atoms with Crippen LogP contribution < -0.4 is 4.90 Å². The number of rotatable bonds is 8. The molecule has 0 saturated carbocycles. The van der Waals surface area contributed by atoms with E-state index in [1.807, 2.05) is 0 Å². The summed E-state index contributed by atoms with van der Waals surface area (Å²) in [6.07, 6.45) is 0. The van der Waals surface area contributed by atoms with Gasteiger partial charge in [-0.05, 0) is 114 Å². The first-order valence-corrected chi connectivity index (χ1v) is 19.6. The Labute approximate surface area is 334 Å². The Balaban J connectivity index is 1.26. The van der Waals surface area contributed by atoms with E-state index in [1.165, 1.54) is 77.2 Å². The minimum absolute atomic E-state index is 1.08. The molecule has 0 aliphatic heterocycles. The lowest BCUT2D eigenvalue weighted by molar-refractivity contribution is 1.28. The molecule has 10 aromatic rings. The number of hydrogen-bond donors (Lipinski definition) is 0. The fourth-order valence-electron chi connectivity index (χ4n) is 8.33. The summed E-state index contributed by atoms with van der Waals surface area (Å²) >= 11 is 0. The molecule has 10 aromatic carbocycles. The quantitative estimate of drug-likeness (QED) is 0.141. The van der Waals surface area contributed by atoms with Gasteiger partial charge in [0.05, 0.1) is 0 Å². The molecule has 0 fully saturated rings. The lowest BCUT2D eigenvalue weighted by Crippen LogP contribution is -2.11. The second-order valence-corrected chi connectivity index (χ2v) is 14.5. The molecule has 57 heavy (non-hydrogen) atoms. The highest BCUT2D eigenvalue weighted by atomic mass is 15.1. The van der Waals surface area contributed by atoms with Gasteiger partial charge >= 0.3 is 0 Å². The maximum atomic E-state index is 2.42. The average Bonchev–Trinajstić information content (AvgIpc) is 3.30. The highest BCUT2D eigenvalue weighted by Crippen LogP contribution is 2.48. The fourth-order valence-corrected chi connectivity index (χ4v) is 8.33. The summed E-state index contributed by atoms with van der Waals surface area (Å²) in [5.74, 6) is 0. The molecule has 1 heteroatoms. The summed E-state index contributed by atoms with van der Waals surface area (Å²) in [6, 6.07) is 85.8. The summed E-state index contributed by atoms with van der Waals surface area (Å²) in [5, 5.41) is 5.00. The smallest absolute Gasteiger partial charge is 0.0474 e. The van der Waals surface area contributed by atoms with E-state index in [-0.39, 0.29) is 0 Å². The Bertz CT molecular complexity index is 2910. The molecule has 0 aliphatic carbocycles. The van der Waals surface area contributed by atoms with E-state index in [0.717, 1.165) is 17.1 Å². The molecule has 0 heterocycles. The third-order valence-corrected chi connectivity index (χ3v) is 11.1. The zero-order chi connectivity index (χ0) is 38.0. The molecule has 0 aliphatic rings. The summed E-state index contributed by atoms with van der Waals surface area (Å²) in [4.78, 5) is 2.42. The summed E-state index contributed by atoms with van der Waals surface area (Å²) in [6.45, 7) is 0. The van der Waals surface area contributed by atoms with Gasteiger partial charge in [0.1, 0.15) is 0 Å². The average molecular weight is 726 g/mol. The van der Waals surface area contributed by atoms with Crippen LogP contribution in [0.2, 0.25) is 0 Å². The molecule has 268 valence electrons. The second kappa shape index (κ2) is 15.0. The van der Waals surface area contributed by atoms with Crippen LogP contribution in [0.4, 0.5) is 17.1 Å². The van der Waals surface area contributed by atoms with Crippen LogP contribution in [0.3, 0.4) is 0 Å². The van der Waals surface area contributed by atoms with E-state index < -0.39 is 0 Å². The molecule has 0 aromatic heterocycles. The molecule has 1 nitrogen and oxygen atoms in total. The van der Waals surface area contributed by atoms with Gasteiger partial charge in [-0.15, -0.1) is 0 Å². The molecule has 0 saturated heterocycles. The first kappa shape index (κ1) is 34.0. The van der Waals surface area contributed by atoms with Gasteiger partial charge in [-0.3, -0.25) is 0 Å². The van der Waals surface area contributed by atoms with E-state index >= 15 is 0 Å². The Morgan fingerprint density at radius 2 is 0.719 bits per heavy atom. The molecule has 0 bridgehead atoms. The van der Waals surface area contributed by atoms with Gasteiger partial charge in [0.25, 0.3) is 0 Å². The third-order valence-electron chi connectivity index (χ3n) is 11.1. The van der Waals surface area contributed by atoms with Gasteiger partial charge in [0, 0.05) is 17.1 Å². The van der Waals surface area contributed by atoms with Gasteiger partial charge in [-0.25, -0.2) is 0 Å². The van der Waals surface area contributed by atoms with E-state index in [0.29, 0.717) is 0 Å². The zero-order valence-corrected chi connectivity index (χ0v) is 31.5. The SMILES string of the molecule is c1ccc(-c2ccc(N(c3cccc(-c4ccccc4)c3)c3cc(-c4ccccc4)c(-c4cccc5c4ccc4ccccc45)c(-c4ccccc4)c3)cc2)cc1. The van der Waals surface area contributed by atoms with Crippen LogP contribution in [0.15, 0.2) is 237 Å². The van der Waals surface area contributed by atoms with Gasteiger partial charge < -0.3 is 4.90 Å². The molecule has 0 spiro atoms. The standard InChI is InChI=1S/C56H39N/c1-5-17-40(18-6-1)42-31-34-47(35-32-42)57(48-27-15-26-46(37-48)41-19-7-2-8-20-41)49-38-54(43-21-9-3-10-22-43)56(55(39-49)44-23-11-4-12-24-44)53-30-16-29-51-50-28-14-13-25-45(50)33-36-52(51)53/h1-39H. The van der Waals surface area contributed by atoms with Gasteiger partial charge in [-0.1, -0.05) is 200 Å². The van der Waals surface area contributed by atoms with Crippen molar-refractivity contribution in [2.45, 2.75) is 0 Å². The van der Waals surface area contributed by atoms with Crippen LogP contribution in [0.25, 0.3) is 77.2 Å². The summed E-state index contributed by atoms with van der Waals surface area (Å²) < 4.78 is 0. The van der Waals surface area contributed by atoms with E-state index in [9.17, 15) is 0 Å². The molecule has 10 rings (SSSR count). The summed E-state index contributed by atoms with van der Waals surface area (Å²) in [5.41, 5.74) is 15.1. The minimum atomic E-state index is 1.08. The minimum Gasteiger partial charge on any atom is -0.310 e. The van der Waals surface area contributed by atoms with Crippen molar-refractivity contribution in [3.63, 3.8) is 0 Å². The molecule has 0 amide bonds. The van der Waals surface area contributed by atoms with Crippen molar-refractivity contribution in [3.8, 4) is 55.6 Å². The second-order valence-electron chi connectivity index (χ2n) is 14.5. The van der Waals surface area contributed by atoms with Crippen LogP contribution in [0.1, 0.15) is 0 Å². The topological polar surface area (TPSA) is 3.24 Å². The van der Waals surface area contributed by atoms with Crippen LogP contribution in [0.5, 0.6) is 0 Å².